The van der Waals surface area contributed by atoms with Crippen LogP contribution in [0.4, 0.5) is 0 Å². The summed E-state index contributed by atoms with van der Waals surface area (Å²) < 4.78 is 5.34. The monoisotopic (exact) mass is 236 g/mol. The lowest BCUT2D eigenvalue weighted by molar-refractivity contribution is 0.0711. The van der Waals surface area contributed by atoms with E-state index in [9.17, 15) is 0 Å². The third-order valence-corrected chi connectivity index (χ3v) is 3.72. The molecule has 0 radical (unpaired) electrons. The standard InChI is InChI=1S/C12H20N4O/c1-12(2)8-13-5-6-16(12)7-10-14-11(15-17-10)9-3-4-9/h9,13H,3-8H2,1-2H3. The molecule has 1 aromatic heterocycles. The van der Waals surface area contributed by atoms with E-state index in [2.05, 4.69) is 34.2 Å². The maximum absolute atomic E-state index is 5.34. The number of rotatable bonds is 3. The molecule has 0 atom stereocenters. The van der Waals surface area contributed by atoms with Crippen molar-refractivity contribution in [3.05, 3.63) is 11.7 Å². The van der Waals surface area contributed by atoms with E-state index in [1.165, 1.54) is 12.8 Å². The van der Waals surface area contributed by atoms with E-state index in [4.69, 9.17) is 4.52 Å². The molecule has 1 aromatic rings. The first-order chi connectivity index (χ1) is 8.15. The lowest BCUT2D eigenvalue weighted by atomic mass is 10.0. The van der Waals surface area contributed by atoms with Crippen LogP contribution in [0.2, 0.25) is 0 Å². The second-order valence-electron chi connectivity index (χ2n) is 5.73. The Balaban J connectivity index is 1.67. The van der Waals surface area contributed by atoms with Crippen molar-refractivity contribution in [2.75, 3.05) is 19.6 Å². The van der Waals surface area contributed by atoms with Gasteiger partial charge in [0.25, 0.3) is 0 Å². The molecule has 2 heterocycles. The van der Waals surface area contributed by atoms with Gasteiger partial charge in [-0.3, -0.25) is 4.90 Å². The molecule has 3 rings (SSSR count). The molecule has 1 N–H and O–H groups in total. The topological polar surface area (TPSA) is 54.2 Å². The predicted molar refractivity (Wildman–Crippen MR) is 63.6 cm³/mol. The van der Waals surface area contributed by atoms with E-state index in [1.807, 2.05) is 0 Å². The predicted octanol–water partition coefficient (Wildman–Crippen LogP) is 1.13. The Morgan fingerprint density at radius 1 is 1.47 bits per heavy atom. The first-order valence-electron chi connectivity index (χ1n) is 6.43. The van der Waals surface area contributed by atoms with Gasteiger partial charge in [-0.2, -0.15) is 4.98 Å². The number of hydrogen-bond donors (Lipinski definition) is 1. The summed E-state index contributed by atoms with van der Waals surface area (Å²) in [6.07, 6.45) is 2.44. The first kappa shape index (κ1) is 11.2. The molecule has 0 bridgehead atoms. The Kier molecular flexibility index (Phi) is 2.67. The van der Waals surface area contributed by atoms with Gasteiger partial charge in [0.1, 0.15) is 0 Å². The van der Waals surface area contributed by atoms with E-state index in [0.29, 0.717) is 5.92 Å². The van der Waals surface area contributed by atoms with Crippen LogP contribution in [0.25, 0.3) is 0 Å². The van der Waals surface area contributed by atoms with Gasteiger partial charge in [0.2, 0.25) is 5.89 Å². The van der Waals surface area contributed by atoms with Crippen LogP contribution in [0.15, 0.2) is 4.52 Å². The first-order valence-corrected chi connectivity index (χ1v) is 6.43. The zero-order chi connectivity index (χ0) is 11.9. The van der Waals surface area contributed by atoms with Crippen molar-refractivity contribution in [1.29, 1.82) is 0 Å². The molecule has 1 saturated carbocycles. The quantitative estimate of drug-likeness (QED) is 0.852. The van der Waals surface area contributed by atoms with Gasteiger partial charge in [-0.25, -0.2) is 0 Å². The molecule has 2 aliphatic rings. The van der Waals surface area contributed by atoms with Crippen LogP contribution in [-0.4, -0.2) is 40.2 Å². The van der Waals surface area contributed by atoms with Gasteiger partial charge in [-0.05, 0) is 26.7 Å². The van der Waals surface area contributed by atoms with Gasteiger partial charge < -0.3 is 9.84 Å². The van der Waals surface area contributed by atoms with Crippen molar-refractivity contribution in [2.45, 2.75) is 44.7 Å². The summed E-state index contributed by atoms with van der Waals surface area (Å²) in [7, 11) is 0. The van der Waals surface area contributed by atoms with Crippen LogP contribution in [-0.2, 0) is 6.54 Å². The van der Waals surface area contributed by atoms with E-state index in [-0.39, 0.29) is 5.54 Å². The molecule has 17 heavy (non-hydrogen) atoms. The Morgan fingerprint density at radius 2 is 2.29 bits per heavy atom. The van der Waals surface area contributed by atoms with Crippen LogP contribution in [0.5, 0.6) is 0 Å². The molecular formula is C12H20N4O. The van der Waals surface area contributed by atoms with Crippen LogP contribution >= 0.6 is 0 Å². The van der Waals surface area contributed by atoms with E-state index >= 15 is 0 Å². The normalized spacial score (nSPS) is 25.1. The summed E-state index contributed by atoms with van der Waals surface area (Å²) >= 11 is 0. The zero-order valence-electron chi connectivity index (χ0n) is 10.6. The lowest BCUT2D eigenvalue weighted by Crippen LogP contribution is -2.57. The van der Waals surface area contributed by atoms with Crippen LogP contribution < -0.4 is 5.32 Å². The third-order valence-electron chi connectivity index (χ3n) is 3.72. The smallest absolute Gasteiger partial charge is 0.240 e. The van der Waals surface area contributed by atoms with Gasteiger partial charge in [-0.1, -0.05) is 5.16 Å². The summed E-state index contributed by atoms with van der Waals surface area (Å²) in [5.41, 5.74) is 0.159. The highest BCUT2D eigenvalue weighted by Gasteiger charge is 2.32. The molecule has 0 spiro atoms. The van der Waals surface area contributed by atoms with E-state index in [0.717, 1.165) is 37.9 Å². The van der Waals surface area contributed by atoms with Crippen molar-refractivity contribution in [3.63, 3.8) is 0 Å². The summed E-state index contributed by atoms with van der Waals surface area (Å²) in [6.45, 7) is 8.35. The molecule has 1 aliphatic carbocycles. The number of aromatic nitrogens is 2. The number of piperazine rings is 1. The lowest BCUT2D eigenvalue weighted by Gasteiger charge is -2.41. The summed E-state index contributed by atoms with van der Waals surface area (Å²) in [4.78, 5) is 6.90. The van der Waals surface area contributed by atoms with Gasteiger partial charge in [-0.15, -0.1) is 0 Å². The van der Waals surface area contributed by atoms with E-state index in [1.54, 1.807) is 0 Å². The highest BCUT2D eigenvalue weighted by molar-refractivity contribution is 5.03. The SMILES string of the molecule is CC1(C)CNCCN1Cc1nc(C2CC2)no1. The molecule has 5 nitrogen and oxygen atoms in total. The average Bonchev–Trinajstić information content (AvgIpc) is 3.03. The Hall–Kier alpha value is -0.940. The summed E-state index contributed by atoms with van der Waals surface area (Å²) in [5, 5.41) is 7.48. The molecule has 0 amide bonds. The largest absolute Gasteiger partial charge is 0.338 e. The molecule has 1 saturated heterocycles. The summed E-state index contributed by atoms with van der Waals surface area (Å²) in [6, 6.07) is 0. The minimum absolute atomic E-state index is 0.159. The van der Waals surface area contributed by atoms with Crippen LogP contribution in [0.1, 0.15) is 44.3 Å². The minimum Gasteiger partial charge on any atom is -0.338 e. The minimum atomic E-state index is 0.159. The fourth-order valence-corrected chi connectivity index (χ4v) is 2.32. The average molecular weight is 236 g/mol. The van der Waals surface area contributed by atoms with Crippen molar-refractivity contribution in [2.24, 2.45) is 0 Å². The highest BCUT2D eigenvalue weighted by Crippen LogP contribution is 2.38. The Morgan fingerprint density at radius 3 is 3.00 bits per heavy atom. The Labute approximate surface area is 102 Å². The molecule has 0 aromatic carbocycles. The maximum Gasteiger partial charge on any atom is 0.240 e. The maximum atomic E-state index is 5.34. The van der Waals surface area contributed by atoms with Crippen molar-refractivity contribution in [1.82, 2.24) is 20.4 Å². The fourth-order valence-electron chi connectivity index (χ4n) is 2.32. The second-order valence-corrected chi connectivity index (χ2v) is 5.73. The second kappa shape index (κ2) is 4.07. The molecule has 2 fully saturated rings. The molecule has 5 heteroatoms. The van der Waals surface area contributed by atoms with Gasteiger partial charge in [0.15, 0.2) is 5.82 Å². The van der Waals surface area contributed by atoms with Gasteiger partial charge >= 0.3 is 0 Å². The molecule has 1 aliphatic heterocycles. The van der Waals surface area contributed by atoms with Crippen molar-refractivity contribution < 1.29 is 4.52 Å². The molecular weight excluding hydrogens is 216 g/mol. The zero-order valence-corrected chi connectivity index (χ0v) is 10.6. The van der Waals surface area contributed by atoms with Crippen molar-refractivity contribution >= 4 is 0 Å². The van der Waals surface area contributed by atoms with Crippen molar-refractivity contribution in [3.8, 4) is 0 Å². The number of hydrogen-bond acceptors (Lipinski definition) is 5. The fraction of sp³-hybridized carbons (Fsp3) is 0.833. The number of nitrogens with one attached hydrogen (secondary N) is 1. The van der Waals surface area contributed by atoms with Crippen LogP contribution in [0, 0.1) is 0 Å². The summed E-state index contributed by atoms with van der Waals surface area (Å²) in [5.74, 6) is 2.25. The highest BCUT2D eigenvalue weighted by atomic mass is 16.5. The number of nitrogens with zero attached hydrogens (tertiary/aromatic N) is 3. The third kappa shape index (κ3) is 2.35. The Bertz CT molecular complexity index is 397. The van der Waals surface area contributed by atoms with Gasteiger partial charge in [0.05, 0.1) is 6.54 Å². The van der Waals surface area contributed by atoms with Crippen LogP contribution in [0.3, 0.4) is 0 Å². The van der Waals surface area contributed by atoms with E-state index < -0.39 is 0 Å². The molecule has 94 valence electrons. The van der Waals surface area contributed by atoms with Gasteiger partial charge in [0, 0.05) is 31.1 Å². The molecule has 0 unspecified atom stereocenters.